The molecule has 0 aliphatic carbocycles. The van der Waals surface area contributed by atoms with Crippen LogP contribution in [0.5, 0.6) is 0 Å². The zero-order valence-electron chi connectivity index (χ0n) is 17.3. The van der Waals surface area contributed by atoms with E-state index in [1.807, 2.05) is 55.6 Å². The van der Waals surface area contributed by atoms with Gasteiger partial charge in [-0.2, -0.15) is 0 Å². The summed E-state index contributed by atoms with van der Waals surface area (Å²) in [5, 5.41) is 0. The number of allylic oxidation sites excluding steroid dienone is 1. The number of aryl methyl sites for hydroxylation is 1. The molecule has 0 saturated carbocycles. The lowest BCUT2D eigenvalue weighted by Gasteiger charge is -2.26. The highest BCUT2D eigenvalue weighted by molar-refractivity contribution is 7.92. The van der Waals surface area contributed by atoms with E-state index in [0.717, 1.165) is 22.3 Å². The molecule has 0 fully saturated rings. The van der Waals surface area contributed by atoms with Gasteiger partial charge in [-0.1, -0.05) is 66.2 Å². The van der Waals surface area contributed by atoms with Crippen molar-refractivity contribution >= 4 is 27.2 Å². The van der Waals surface area contributed by atoms with E-state index in [4.69, 9.17) is 0 Å². The number of carbonyl (C=O) groups is 1. The Kier molecular flexibility index (Phi) is 5.91. The second kappa shape index (κ2) is 8.78. The van der Waals surface area contributed by atoms with Crippen molar-refractivity contribution in [3.63, 3.8) is 0 Å². The number of anilines is 1. The van der Waals surface area contributed by atoms with Crippen LogP contribution in [0, 0.1) is 6.92 Å². The van der Waals surface area contributed by atoms with E-state index in [1.165, 1.54) is 0 Å². The van der Waals surface area contributed by atoms with Gasteiger partial charge in [0, 0.05) is 18.2 Å². The second-order valence-corrected chi connectivity index (χ2v) is 9.31. The number of rotatable bonds is 6. The predicted octanol–water partition coefficient (Wildman–Crippen LogP) is 4.96. The van der Waals surface area contributed by atoms with Gasteiger partial charge in [0.2, 0.25) is 5.91 Å². The summed E-state index contributed by atoms with van der Waals surface area (Å²) in [5.41, 5.74) is 4.25. The van der Waals surface area contributed by atoms with Crippen molar-refractivity contribution in [1.82, 2.24) is 4.90 Å². The molecule has 1 N–H and O–H groups in total. The van der Waals surface area contributed by atoms with Crippen LogP contribution in [-0.2, 0) is 21.4 Å². The number of amides is 1. The van der Waals surface area contributed by atoms with Crippen molar-refractivity contribution in [3.05, 3.63) is 102 Å². The third-order valence-corrected chi connectivity index (χ3v) is 6.67. The Hall–Kier alpha value is -3.38. The molecule has 3 aromatic carbocycles. The van der Waals surface area contributed by atoms with Crippen LogP contribution in [0.2, 0.25) is 0 Å². The van der Waals surface area contributed by atoms with Crippen molar-refractivity contribution < 1.29 is 13.2 Å². The summed E-state index contributed by atoms with van der Waals surface area (Å²) in [5.74, 6) is 0.0605. The molecule has 0 atom stereocenters. The van der Waals surface area contributed by atoms with Gasteiger partial charge in [0.25, 0.3) is 10.0 Å². The third kappa shape index (κ3) is 4.86. The Morgan fingerprint density at radius 2 is 1.55 bits per heavy atom. The number of carbonyl (C=O) groups excluding carboxylic acids is 1. The molecule has 6 heteroatoms. The summed E-state index contributed by atoms with van der Waals surface area (Å²) in [6.07, 6.45) is 2.79. The molecular weight excluding hydrogens is 408 g/mol. The molecule has 3 aromatic rings. The number of benzene rings is 3. The summed E-state index contributed by atoms with van der Waals surface area (Å²) in [7, 11) is -3.72. The summed E-state index contributed by atoms with van der Waals surface area (Å²) in [6, 6.07) is 23.9. The molecule has 1 heterocycles. The lowest BCUT2D eigenvalue weighted by atomic mass is 9.97. The molecule has 0 radical (unpaired) electrons. The van der Waals surface area contributed by atoms with Gasteiger partial charge in [-0.05, 0) is 42.7 Å². The molecule has 158 valence electrons. The van der Waals surface area contributed by atoms with E-state index in [1.54, 1.807) is 41.3 Å². The van der Waals surface area contributed by atoms with Gasteiger partial charge < -0.3 is 4.90 Å². The molecule has 1 aliphatic heterocycles. The van der Waals surface area contributed by atoms with Crippen LogP contribution in [0.25, 0.3) is 5.57 Å². The monoisotopic (exact) mass is 432 g/mol. The second-order valence-electron chi connectivity index (χ2n) is 7.63. The lowest BCUT2D eigenvalue weighted by Crippen LogP contribution is -2.28. The molecule has 31 heavy (non-hydrogen) atoms. The fourth-order valence-corrected chi connectivity index (χ4v) is 4.68. The summed E-state index contributed by atoms with van der Waals surface area (Å²) in [6.45, 7) is 2.40. The van der Waals surface area contributed by atoms with Crippen LogP contribution in [-0.4, -0.2) is 19.2 Å². The summed E-state index contributed by atoms with van der Waals surface area (Å²) < 4.78 is 28.5. The topological polar surface area (TPSA) is 66.5 Å². The molecule has 5 nitrogen and oxygen atoms in total. The maximum atomic E-state index is 12.9. The molecule has 1 aliphatic rings. The smallest absolute Gasteiger partial charge is 0.261 e. The van der Waals surface area contributed by atoms with E-state index in [2.05, 4.69) is 4.72 Å². The van der Waals surface area contributed by atoms with E-state index >= 15 is 0 Å². The first-order valence-corrected chi connectivity index (χ1v) is 11.6. The van der Waals surface area contributed by atoms with Crippen molar-refractivity contribution in [2.45, 2.75) is 31.2 Å². The van der Waals surface area contributed by atoms with Gasteiger partial charge in [-0.25, -0.2) is 8.42 Å². The van der Waals surface area contributed by atoms with Crippen molar-refractivity contribution in [1.29, 1.82) is 0 Å². The van der Waals surface area contributed by atoms with Gasteiger partial charge >= 0.3 is 0 Å². The zero-order valence-corrected chi connectivity index (χ0v) is 18.1. The van der Waals surface area contributed by atoms with Crippen LogP contribution in [0.4, 0.5) is 5.69 Å². The van der Waals surface area contributed by atoms with E-state index < -0.39 is 10.0 Å². The number of nitrogens with zero attached hydrogens (tertiary/aromatic N) is 1. The van der Waals surface area contributed by atoms with Crippen LogP contribution >= 0.6 is 0 Å². The summed E-state index contributed by atoms with van der Waals surface area (Å²) >= 11 is 0. The standard InChI is InChI=1S/C25H24N2O3S/c1-19-11-14-22(15-12-19)31(29,30)26-24-10-6-5-9-23(24)21-13-16-25(28)27(18-21)17-20-7-3-2-4-8-20/h2-12,14-15,18,26H,13,16-17H2,1H3. The van der Waals surface area contributed by atoms with Crippen LogP contribution in [0.1, 0.15) is 29.5 Å². The lowest BCUT2D eigenvalue weighted by molar-refractivity contribution is -0.129. The average molecular weight is 433 g/mol. The van der Waals surface area contributed by atoms with Gasteiger partial charge in [0.1, 0.15) is 0 Å². The minimum Gasteiger partial charge on any atom is -0.314 e. The number of nitrogens with one attached hydrogen (secondary N) is 1. The van der Waals surface area contributed by atoms with Crippen LogP contribution < -0.4 is 4.72 Å². The maximum absolute atomic E-state index is 12.9. The molecule has 0 bridgehead atoms. The van der Waals surface area contributed by atoms with E-state index in [-0.39, 0.29) is 10.8 Å². The molecule has 0 spiro atoms. The fraction of sp³-hybridized carbons (Fsp3) is 0.160. The predicted molar refractivity (Wildman–Crippen MR) is 123 cm³/mol. The Morgan fingerprint density at radius 1 is 0.871 bits per heavy atom. The third-order valence-electron chi connectivity index (χ3n) is 5.28. The number of para-hydroxylation sites is 1. The Bertz CT molecular complexity index is 1220. The van der Waals surface area contributed by atoms with E-state index in [9.17, 15) is 13.2 Å². The minimum absolute atomic E-state index is 0.0605. The van der Waals surface area contributed by atoms with Gasteiger partial charge in [0.05, 0.1) is 17.1 Å². The maximum Gasteiger partial charge on any atom is 0.261 e. The van der Waals surface area contributed by atoms with Crippen molar-refractivity contribution in [2.24, 2.45) is 0 Å². The van der Waals surface area contributed by atoms with Gasteiger partial charge in [-0.3, -0.25) is 9.52 Å². The zero-order chi connectivity index (χ0) is 21.8. The minimum atomic E-state index is -3.72. The number of sulfonamides is 1. The van der Waals surface area contributed by atoms with Gasteiger partial charge in [0.15, 0.2) is 0 Å². The highest BCUT2D eigenvalue weighted by atomic mass is 32.2. The Morgan fingerprint density at radius 3 is 2.29 bits per heavy atom. The SMILES string of the molecule is Cc1ccc(S(=O)(=O)Nc2ccccc2C2=CN(Cc3ccccc3)C(=O)CC2)cc1. The summed E-state index contributed by atoms with van der Waals surface area (Å²) in [4.78, 5) is 14.4. The molecule has 0 aromatic heterocycles. The Balaban J connectivity index is 1.64. The Labute approximate surface area is 183 Å². The first kappa shape index (κ1) is 20.9. The molecule has 0 saturated heterocycles. The average Bonchev–Trinajstić information content (AvgIpc) is 2.76. The first-order chi connectivity index (χ1) is 14.9. The number of hydrogen-bond donors (Lipinski definition) is 1. The molecular formula is C25H24N2O3S. The highest BCUT2D eigenvalue weighted by Gasteiger charge is 2.22. The van der Waals surface area contributed by atoms with Crippen LogP contribution in [0.15, 0.2) is 90.0 Å². The first-order valence-electron chi connectivity index (χ1n) is 10.2. The largest absolute Gasteiger partial charge is 0.314 e. The fourth-order valence-electron chi connectivity index (χ4n) is 3.60. The molecule has 4 rings (SSSR count). The van der Waals surface area contributed by atoms with Crippen LogP contribution in [0.3, 0.4) is 0 Å². The van der Waals surface area contributed by atoms with Crippen molar-refractivity contribution in [2.75, 3.05) is 4.72 Å². The van der Waals surface area contributed by atoms with Crippen molar-refractivity contribution in [3.8, 4) is 0 Å². The van der Waals surface area contributed by atoms with Gasteiger partial charge in [-0.15, -0.1) is 0 Å². The quantitative estimate of drug-likeness (QED) is 0.599. The molecule has 1 amide bonds. The highest BCUT2D eigenvalue weighted by Crippen LogP contribution is 2.32. The molecule has 0 unspecified atom stereocenters. The van der Waals surface area contributed by atoms with E-state index in [0.29, 0.717) is 25.1 Å². The number of hydrogen-bond acceptors (Lipinski definition) is 3. The normalized spacial score (nSPS) is 14.3.